The predicted octanol–water partition coefficient (Wildman–Crippen LogP) is 3.72. The number of benzene rings is 3. The van der Waals surface area contributed by atoms with Crippen molar-refractivity contribution in [2.45, 2.75) is 13.1 Å². The van der Waals surface area contributed by atoms with Crippen LogP contribution in [0.3, 0.4) is 0 Å². The van der Waals surface area contributed by atoms with Gasteiger partial charge in [-0.1, -0.05) is 66.7 Å². The van der Waals surface area contributed by atoms with Crippen LogP contribution in [0.15, 0.2) is 89.7 Å². The van der Waals surface area contributed by atoms with Crippen LogP contribution in [0, 0.1) is 0 Å². The molecule has 0 N–H and O–H groups in total. The van der Waals surface area contributed by atoms with Gasteiger partial charge in [-0.2, -0.15) is 5.10 Å². The van der Waals surface area contributed by atoms with Gasteiger partial charge in [0.15, 0.2) is 0 Å². The minimum Gasteiger partial charge on any atom is -0.340 e. The Bertz CT molecular complexity index is 1220. The van der Waals surface area contributed by atoms with Crippen LogP contribution in [0.2, 0.25) is 0 Å². The second-order valence-electron chi connectivity index (χ2n) is 7.01. The maximum Gasteiger partial charge on any atom is 0.267 e. The summed E-state index contributed by atoms with van der Waals surface area (Å²) >= 11 is 0. The first-order valence-corrected chi connectivity index (χ1v) is 9.45. The molecule has 1 amide bonds. The number of carbonyl (C=O) groups excluding carboxylic acids is 1. The summed E-state index contributed by atoms with van der Waals surface area (Å²) in [5.74, 6) is -0.167. The van der Waals surface area contributed by atoms with E-state index in [2.05, 4.69) is 11.2 Å². The standard InChI is InChI=1S/C24H21N3O2/c1-26(16-18-7-3-2-4-8-18)24(29)17-27-23(28)14-13-22(25-27)21-12-11-19-9-5-6-10-20(19)15-21/h2-15H,16-17H2,1H3. The quantitative estimate of drug-likeness (QED) is 0.528. The Hall–Kier alpha value is -3.73. The smallest absolute Gasteiger partial charge is 0.267 e. The fourth-order valence-electron chi connectivity index (χ4n) is 3.26. The van der Waals surface area contributed by atoms with Gasteiger partial charge in [-0.15, -0.1) is 0 Å². The fraction of sp³-hybridized carbons (Fsp3) is 0.125. The van der Waals surface area contributed by atoms with Crippen molar-refractivity contribution < 1.29 is 4.79 Å². The molecule has 5 nitrogen and oxygen atoms in total. The number of likely N-dealkylation sites (N-methyl/N-ethyl adjacent to an activating group) is 1. The zero-order chi connectivity index (χ0) is 20.2. The highest BCUT2D eigenvalue weighted by atomic mass is 16.2. The van der Waals surface area contributed by atoms with Gasteiger partial charge in [0.25, 0.3) is 5.56 Å². The van der Waals surface area contributed by atoms with E-state index in [0.717, 1.165) is 21.9 Å². The lowest BCUT2D eigenvalue weighted by Crippen LogP contribution is -2.34. The predicted molar refractivity (Wildman–Crippen MR) is 114 cm³/mol. The van der Waals surface area contributed by atoms with E-state index in [-0.39, 0.29) is 18.0 Å². The van der Waals surface area contributed by atoms with E-state index < -0.39 is 0 Å². The van der Waals surface area contributed by atoms with Crippen molar-refractivity contribution in [3.05, 3.63) is 101 Å². The van der Waals surface area contributed by atoms with Crippen LogP contribution >= 0.6 is 0 Å². The first kappa shape index (κ1) is 18.6. The Balaban J connectivity index is 1.56. The van der Waals surface area contributed by atoms with Gasteiger partial charge in [0, 0.05) is 25.2 Å². The molecule has 1 aromatic heterocycles. The molecule has 0 aliphatic carbocycles. The number of amides is 1. The highest BCUT2D eigenvalue weighted by Gasteiger charge is 2.13. The molecule has 0 bridgehead atoms. The summed E-state index contributed by atoms with van der Waals surface area (Å²) in [6.45, 7) is 0.391. The summed E-state index contributed by atoms with van der Waals surface area (Å²) < 4.78 is 1.23. The minimum atomic E-state index is -0.295. The van der Waals surface area contributed by atoms with Crippen LogP contribution < -0.4 is 5.56 Å². The third-order valence-electron chi connectivity index (χ3n) is 4.89. The Morgan fingerprint density at radius 2 is 1.62 bits per heavy atom. The summed E-state index contributed by atoms with van der Waals surface area (Å²) in [4.78, 5) is 26.5. The van der Waals surface area contributed by atoms with Crippen molar-refractivity contribution >= 4 is 16.7 Å². The van der Waals surface area contributed by atoms with E-state index in [4.69, 9.17) is 0 Å². The number of rotatable bonds is 5. The molecule has 0 spiro atoms. The number of aromatic nitrogens is 2. The molecule has 5 heteroatoms. The highest BCUT2D eigenvalue weighted by molar-refractivity contribution is 5.86. The van der Waals surface area contributed by atoms with E-state index in [9.17, 15) is 9.59 Å². The molecule has 0 atom stereocenters. The third kappa shape index (κ3) is 4.24. The van der Waals surface area contributed by atoms with E-state index >= 15 is 0 Å². The van der Waals surface area contributed by atoms with Gasteiger partial charge in [0.05, 0.1) is 5.69 Å². The average Bonchev–Trinajstić information content (AvgIpc) is 2.75. The fourth-order valence-corrected chi connectivity index (χ4v) is 3.26. The number of fused-ring (bicyclic) bond motifs is 1. The summed E-state index contributed by atoms with van der Waals surface area (Å²) in [6, 6.07) is 27.0. The molecular weight excluding hydrogens is 362 g/mol. The number of hydrogen-bond donors (Lipinski definition) is 0. The molecule has 0 saturated carbocycles. The largest absolute Gasteiger partial charge is 0.340 e. The first-order valence-electron chi connectivity index (χ1n) is 9.45. The number of carbonyl (C=O) groups is 1. The molecule has 144 valence electrons. The van der Waals surface area contributed by atoms with Crippen LogP contribution in [0.25, 0.3) is 22.0 Å². The zero-order valence-corrected chi connectivity index (χ0v) is 16.2. The lowest BCUT2D eigenvalue weighted by atomic mass is 10.1. The van der Waals surface area contributed by atoms with Crippen molar-refractivity contribution in [2.24, 2.45) is 0 Å². The highest BCUT2D eigenvalue weighted by Crippen LogP contribution is 2.22. The van der Waals surface area contributed by atoms with Crippen LogP contribution in [0.4, 0.5) is 0 Å². The van der Waals surface area contributed by atoms with Crippen molar-refractivity contribution in [3.8, 4) is 11.3 Å². The topological polar surface area (TPSA) is 55.2 Å². The maximum atomic E-state index is 12.6. The summed E-state index contributed by atoms with van der Waals surface area (Å²) in [6.07, 6.45) is 0. The number of nitrogens with zero attached hydrogens (tertiary/aromatic N) is 3. The monoisotopic (exact) mass is 383 g/mol. The van der Waals surface area contributed by atoms with Gasteiger partial charge in [0.1, 0.15) is 6.54 Å². The molecule has 4 aromatic rings. The average molecular weight is 383 g/mol. The Morgan fingerprint density at radius 1 is 0.897 bits per heavy atom. The molecule has 0 saturated heterocycles. The van der Waals surface area contributed by atoms with Gasteiger partial charge in [0.2, 0.25) is 5.91 Å². The molecule has 1 heterocycles. The SMILES string of the molecule is CN(Cc1ccccc1)C(=O)Cn1nc(-c2ccc3ccccc3c2)ccc1=O. The second kappa shape index (κ2) is 8.10. The third-order valence-corrected chi connectivity index (χ3v) is 4.89. The Morgan fingerprint density at radius 3 is 2.41 bits per heavy atom. The van der Waals surface area contributed by atoms with Gasteiger partial charge in [-0.05, 0) is 28.5 Å². The lowest BCUT2D eigenvalue weighted by molar-refractivity contribution is -0.131. The van der Waals surface area contributed by atoms with Crippen LogP contribution in [-0.4, -0.2) is 27.6 Å². The Kier molecular flexibility index (Phi) is 5.20. The molecule has 0 aliphatic heterocycles. The van der Waals surface area contributed by atoms with Gasteiger partial charge in [-0.3, -0.25) is 9.59 Å². The second-order valence-corrected chi connectivity index (χ2v) is 7.01. The van der Waals surface area contributed by atoms with E-state index in [0.29, 0.717) is 12.2 Å². The normalized spacial score (nSPS) is 10.8. The molecule has 29 heavy (non-hydrogen) atoms. The van der Waals surface area contributed by atoms with Crippen molar-refractivity contribution in [2.75, 3.05) is 7.05 Å². The summed E-state index contributed by atoms with van der Waals surface area (Å²) in [5, 5.41) is 6.68. The number of hydrogen-bond acceptors (Lipinski definition) is 3. The molecular formula is C24H21N3O2. The van der Waals surface area contributed by atoms with Gasteiger partial charge in [-0.25, -0.2) is 4.68 Å². The molecule has 0 unspecified atom stereocenters. The van der Waals surface area contributed by atoms with Gasteiger partial charge >= 0.3 is 0 Å². The summed E-state index contributed by atoms with van der Waals surface area (Å²) in [7, 11) is 1.73. The molecule has 4 rings (SSSR count). The van der Waals surface area contributed by atoms with E-state index in [1.165, 1.54) is 10.7 Å². The van der Waals surface area contributed by atoms with Crippen LogP contribution in [0.5, 0.6) is 0 Å². The van der Waals surface area contributed by atoms with E-state index in [1.807, 2.05) is 66.7 Å². The summed E-state index contributed by atoms with van der Waals surface area (Å²) in [5.41, 5.74) is 2.31. The Labute approximate surface area is 168 Å². The first-order chi connectivity index (χ1) is 14.1. The molecule has 3 aromatic carbocycles. The van der Waals surface area contributed by atoms with Gasteiger partial charge < -0.3 is 4.90 Å². The molecule has 0 radical (unpaired) electrons. The van der Waals surface area contributed by atoms with Crippen molar-refractivity contribution in [1.29, 1.82) is 0 Å². The molecule has 0 fully saturated rings. The van der Waals surface area contributed by atoms with Crippen molar-refractivity contribution in [1.82, 2.24) is 14.7 Å². The maximum absolute atomic E-state index is 12.6. The lowest BCUT2D eigenvalue weighted by Gasteiger charge is -2.17. The zero-order valence-electron chi connectivity index (χ0n) is 16.2. The van der Waals surface area contributed by atoms with Crippen molar-refractivity contribution in [3.63, 3.8) is 0 Å². The van der Waals surface area contributed by atoms with Crippen LogP contribution in [0.1, 0.15) is 5.56 Å². The molecule has 0 aliphatic rings. The minimum absolute atomic E-state index is 0.0937. The van der Waals surface area contributed by atoms with Crippen LogP contribution in [-0.2, 0) is 17.9 Å². The van der Waals surface area contributed by atoms with E-state index in [1.54, 1.807) is 18.0 Å².